The standard InChI is InChI=1S/C25H25ClN4O3S2/c1-4-33-24(32)22-16-7-5-13(2)9-19(16)35-23(22)27-21(31)12-34-25-29-28-20-10-14(3)17-11-15(26)6-8-18(17)30(20)25/h6,8,10-11,13H,4-5,7,9,12H2,1-3H3,(H,27,31). The second kappa shape index (κ2) is 9.79. The number of nitrogens with zero attached hydrogens (tertiary/aromatic N) is 3. The number of halogens is 1. The van der Waals surface area contributed by atoms with Gasteiger partial charge in [-0.15, -0.1) is 21.5 Å². The Labute approximate surface area is 216 Å². The van der Waals surface area contributed by atoms with Crippen LogP contribution in [0.15, 0.2) is 29.4 Å². The number of benzene rings is 1. The lowest BCUT2D eigenvalue weighted by molar-refractivity contribution is -0.113. The molecule has 1 N–H and O–H groups in total. The molecule has 35 heavy (non-hydrogen) atoms. The lowest BCUT2D eigenvalue weighted by Crippen LogP contribution is -2.17. The van der Waals surface area contributed by atoms with Gasteiger partial charge in [-0.3, -0.25) is 9.20 Å². The number of ether oxygens (including phenoxy) is 1. The molecule has 4 aromatic rings. The normalized spacial score (nSPS) is 15.4. The summed E-state index contributed by atoms with van der Waals surface area (Å²) >= 11 is 9.00. The summed E-state index contributed by atoms with van der Waals surface area (Å²) in [6.07, 6.45) is 2.77. The van der Waals surface area contributed by atoms with E-state index in [0.29, 0.717) is 38.9 Å². The van der Waals surface area contributed by atoms with Gasteiger partial charge in [0.2, 0.25) is 5.91 Å². The van der Waals surface area contributed by atoms with E-state index in [2.05, 4.69) is 22.4 Å². The SMILES string of the molecule is CCOC(=O)c1c(NC(=O)CSc2nnc3cc(C)c4cc(Cl)ccc4n23)sc2c1CCC(C)C2. The van der Waals surface area contributed by atoms with Crippen molar-refractivity contribution in [2.75, 3.05) is 17.7 Å². The Bertz CT molecular complexity index is 1460. The zero-order valence-electron chi connectivity index (χ0n) is 19.7. The molecule has 0 spiro atoms. The van der Waals surface area contributed by atoms with Crippen LogP contribution in [0.5, 0.6) is 0 Å². The Morgan fingerprint density at radius 2 is 2.14 bits per heavy atom. The lowest BCUT2D eigenvalue weighted by Gasteiger charge is -2.18. The molecule has 0 saturated carbocycles. The average Bonchev–Trinajstić information content (AvgIpc) is 3.38. The average molecular weight is 529 g/mol. The maximum absolute atomic E-state index is 13.0. The number of amides is 1. The van der Waals surface area contributed by atoms with E-state index in [9.17, 15) is 9.59 Å². The monoisotopic (exact) mass is 528 g/mol. The van der Waals surface area contributed by atoms with Gasteiger partial charge >= 0.3 is 5.97 Å². The van der Waals surface area contributed by atoms with Crippen LogP contribution in [-0.2, 0) is 22.4 Å². The molecule has 0 bridgehead atoms. The number of nitrogens with one attached hydrogen (secondary N) is 1. The van der Waals surface area contributed by atoms with Crippen molar-refractivity contribution in [2.24, 2.45) is 5.92 Å². The van der Waals surface area contributed by atoms with Gasteiger partial charge < -0.3 is 10.1 Å². The van der Waals surface area contributed by atoms with Gasteiger partial charge in [0.05, 0.1) is 23.4 Å². The van der Waals surface area contributed by atoms with Crippen molar-refractivity contribution in [1.29, 1.82) is 0 Å². The van der Waals surface area contributed by atoms with Gasteiger partial charge in [-0.05, 0) is 74.4 Å². The van der Waals surface area contributed by atoms with Crippen LogP contribution >= 0.6 is 34.7 Å². The number of pyridine rings is 1. The first kappa shape index (κ1) is 24.1. The molecular formula is C25H25ClN4O3S2. The van der Waals surface area contributed by atoms with Gasteiger partial charge in [-0.2, -0.15) is 0 Å². The third-order valence-corrected chi connectivity index (χ3v) is 8.54. The highest BCUT2D eigenvalue weighted by atomic mass is 35.5. The highest BCUT2D eigenvalue weighted by Crippen LogP contribution is 2.40. The first-order valence-electron chi connectivity index (χ1n) is 11.5. The molecule has 3 heterocycles. The molecular weight excluding hydrogens is 504 g/mol. The summed E-state index contributed by atoms with van der Waals surface area (Å²) in [5.41, 5.74) is 4.24. The molecule has 182 valence electrons. The van der Waals surface area contributed by atoms with Crippen LogP contribution in [-0.4, -0.2) is 38.8 Å². The van der Waals surface area contributed by atoms with E-state index in [1.165, 1.54) is 28.0 Å². The molecule has 1 unspecified atom stereocenters. The Morgan fingerprint density at radius 1 is 1.31 bits per heavy atom. The number of fused-ring (bicyclic) bond motifs is 4. The molecule has 1 aromatic carbocycles. The number of anilines is 1. The van der Waals surface area contributed by atoms with Crippen LogP contribution < -0.4 is 5.32 Å². The summed E-state index contributed by atoms with van der Waals surface area (Å²) in [7, 11) is 0. The van der Waals surface area contributed by atoms with Crippen LogP contribution in [0.2, 0.25) is 5.02 Å². The first-order chi connectivity index (χ1) is 16.9. The fraction of sp³-hybridized carbons (Fsp3) is 0.360. The highest BCUT2D eigenvalue weighted by molar-refractivity contribution is 7.99. The van der Waals surface area contributed by atoms with Crippen molar-refractivity contribution in [3.8, 4) is 0 Å². The number of aromatic nitrogens is 3. The topological polar surface area (TPSA) is 85.6 Å². The van der Waals surface area contributed by atoms with Crippen molar-refractivity contribution >= 4 is 68.1 Å². The number of esters is 1. The number of aryl methyl sites for hydroxylation is 1. The van der Waals surface area contributed by atoms with Gasteiger partial charge in [0, 0.05) is 15.3 Å². The molecule has 10 heteroatoms. The molecule has 5 rings (SSSR count). The number of carbonyl (C=O) groups excluding carboxylic acids is 2. The quantitative estimate of drug-likeness (QED) is 0.246. The van der Waals surface area contributed by atoms with E-state index < -0.39 is 0 Å². The van der Waals surface area contributed by atoms with Crippen molar-refractivity contribution in [2.45, 2.75) is 45.2 Å². The van der Waals surface area contributed by atoms with Gasteiger partial charge in [-0.1, -0.05) is 30.3 Å². The summed E-state index contributed by atoms with van der Waals surface area (Å²) < 4.78 is 7.24. The molecule has 7 nitrogen and oxygen atoms in total. The van der Waals surface area contributed by atoms with Crippen molar-refractivity contribution in [1.82, 2.24) is 14.6 Å². The van der Waals surface area contributed by atoms with Crippen molar-refractivity contribution < 1.29 is 14.3 Å². The maximum Gasteiger partial charge on any atom is 0.341 e. The van der Waals surface area contributed by atoms with Gasteiger partial charge in [0.1, 0.15) is 5.00 Å². The van der Waals surface area contributed by atoms with Crippen LogP contribution in [0.25, 0.3) is 16.6 Å². The molecule has 1 aliphatic rings. The fourth-order valence-corrected chi connectivity index (χ4v) is 6.88. The zero-order valence-corrected chi connectivity index (χ0v) is 22.1. The first-order valence-corrected chi connectivity index (χ1v) is 13.7. The minimum absolute atomic E-state index is 0.130. The minimum atomic E-state index is -0.369. The molecule has 0 saturated heterocycles. The summed E-state index contributed by atoms with van der Waals surface area (Å²) in [5.74, 6) is 0.116. The minimum Gasteiger partial charge on any atom is -0.462 e. The summed E-state index contributed by atoms with van der Waals surface area (Å²) in [5, 5.41) is 14.4. The Balaban J connectivity index is 1.39. The van der Waals surface area contributed by atoms with Gasteiger partial charge in [0.25, 0.3) is 0 Å². The number of rotatable bonds is 6. The van der Waals surface area contributed by atoms with Crippen LogP contribution in [0, 0.1) is 12.8 Å². The molecule has 0 fully saturated rings. The summed E-state index contributed by atoms with van der Waals surface area (Å²) in [6.45, 7) is 6.30. The number of thioether (sulfide) groups is 1. The predicted molar refractivity (Wildman–Crippen MR) is 141 cm³/mol. The summed E-state index contributed by atoms with van der Waals surface area (Å²) in [4.78, 5) is 26.9. The van der Waals surface area contributed by atoms with E-state index in [4.69, 9.17) is 16.3 Å². The molecule has 1 atom stereocenters. The summed E-state index contributed by atoms with van der Waals surface area (Å²) in [6, 6.07) is 7.65. The Hall–Kier alpha value is -2.62. The molecule has 1 aliphatic carbocycles. The van der Waals surface area contributed by atoms with E-state index in [1.807, 2.05) is 35.6 Å². The molecule has 0 aliphatic heterocycles. The highest BCUT2D eigenvalue weighted by Gasteiger charge is 2.29. The van der Waals surface area contributed by atoms with E-state index in [0.717, 1.165) is 41.3 Å². The third kappa shape index (κ3) is 4.64. The Kier molecular flexibility index (Phi) is 6.74. The van der Waals surface area contributed by atoms with E-state index in [-0.39, 0.29) is 17.6 Å². The second-order valence-electron chi connectivity index (χ2n) is 8.78. The van der Waals surface area contributed by atoms with E-state index >= 15 is 0 Å². The number of carbonyl (C=O) groups is 2. The number of thiophene rings is 1. The largest absolute Gasteiger partial charge is 0.462 e. The van der Waals surface area contributed by atoms with Gasteiger partial charge in [-0.25, -0.2) is 4.79 Å². The lowest BCUT2D eigenvalue weighted by atomic mass is 9.88. The van der Waals surface area contributed by atoms with Crippen LogP contribution in [0.1, 0.15) is 46.6 Å². The molecule has 0 radical (unpaired) electrons. The number of hydrogen-bond acceptors (Lipinski definition) is 7. The fourth-order valence-electron chi connectivity index (χ4n) is 4.54. The van der Waals surface area contributed by atoms with Crippen LogP contribution in [0.3, 0.4) is 0 Å². The van der Waals surface area contributed by atoms with Crippen molar-refractivity contribution in [3.63, 3.8) is 0 Å². The Morgan fingerprint density at radius 3 is 2.94 bits per heavy atom. The van der Waals surface area contributed by atoms with Gasteiger partial charge in [0.15, 0.2) is 10.8 Å². The third-order valence-electron chi connectivity index (χ3n) is 6.20. The second-order valence-corrected chi connectivity index (χ2v) is 11.3. The van der Waals surface area contributed by atoms with E-state index in [1.54, 1.807) is 6.92 Å². The van der Waals surface area contributed by atoms with Crippen LogP contribution in [0.4, 0.5) is 5.00 Å². The molecule has 1 amide bonds. The van der Waals surface area contributed by atoms with Crippen molar-refractivity contribution in [3.05, 3.63) is 50.9 Å². The zero-order chi connectivity index (χ0) is 24.7. The molecule has 3 aromatic heterocycles. The smallest absolute Gasteiger partial charge is 0.341 e. The predicted octanol–water partition coefficient (Wildman–Crippen LogP) is 5.94. The maximum atomic E-state index is 13.0. The number of hydrogen-bond donors (Lipinski definition) is 1.